The van der Waals surface area contributed by atoms with Crippen molar-refractivity contribution >= 4 is 10.1 Å². The van der Waals surface area contributed by atoms with Gasteiger partial charge in [-0.15, -0.1) is 0 Å². The summed E-state index contributed by atoms with van der Waals surface area (Å²) in [4.78, 5) is 2.86. The van der Waals surface area contributed by atoms with E-state index < -0.39 is 10.1 Å². The van der Waals surface area contributed by atoms with E-state index in [2.05, 4.69) is 11.9 Å². The number of rotatable bonds is 7. The molecule has 0 spiro atoms. The summed E-state index contributed by atoms with van der Waals surface area (Å²) in [5.74, 6) is -0.0842. The number of aromatic nitrogens is 1. The van der Waals surface area contributed by atoms with Crippen LogP contribution in [-0.4, -0.2) is 23.7 Å². The van der Waals surface area contributed by atoms with E-state index in [-0.39, 0.29) is 36.7 Å². The standard InChI is InChI=1S/C8H18O3S.C4H5N.Na.H/c1-2-3-4-5-6-7-8-12(9,10)11;1-2-4-5-3-1;;/h2-8H2,1H3,(H,9,10,11);1-5H;;/q;;+1;-1. The van der Waals surface area contributed by atoms with Crippen molar-refractivity contribution in [2.75, 3.05) is 5.75 Å². The molecule has 18 heavy (non-hydrogen) atoms. The summed E-state index contributed by atoms with van der Waals surface area (Å²) >= 11 is 0. The Labute approximate surface area is 134 Å². The first-order chi connectivity index (χ1) is 8.06. The summed E-state index contributed by atoms with van der Waals surface area (Å²) in [6.45, 7) is 2.14. The molecule has 0 amide bonds. The normalized spacial score (nSPS) is 10.1. The Morgan fingerprint density at radius 1 is 1.06 bits per heavy atom. The third-order valence-electron chi connectivity index (χ3n) is 2.25. The molecule has 1 aromatic heterocycles. The molecular weight excluding hydrogens is 261 g/mol. The summed E-state index contributed by atoms with van der Waals surface area (Å²) in [7, 11) is -3.72. The second-order valence-electron chi connectivity index (χ2n) is 3.94. The van der Waals surface area contributed by atoms with E-state index in [1.165, 1.54) is 19.3 Å². The van der Waals surface area contributed by atoms with Crippen molar-refractivity contribution in [3.63, 3.8) is 0 Å². The Balaban J connectivity index is -0.000000309. The molecule has 0 atom stereocenters. The summed E-state index contributed by atoms with van der Waals surface area (Å²) in [5, 5.41) is 0. The van der Waals surface area contributed by atoms with Gasteiger partial charge in [0.25, 0.3) is 10.1 Å². The van der Waals surface area contributed by atoms with Crippen LogP contribution in [0.4, 0.5) is 0 Å². The predicted molar refractivity (Wildman–Crippen MR) is 71.7 cm³/mol. The van der Waals surface area contributed by atoms with Crippen LogP contribution in [0.25, 0.3) is 0 Å². The molecule has 1 aromatic rings. The molecule has 0 aliphatic carbocycles. The van der Waals surface area contributed by atoms with Crippen LogP contribution < -0.4 is 29.6 Å². The molecule has 6 heteroatoms. The van der Waals surface area contributed by atoms with Crippen LogP contribution in [0, 0.1) is 0 Å². The molecular formula is C12H24NNaO3S. The predicted octanol–water partition coefficient (Wildman–Crippen LogP) is 0.366. The van der Waals surface area contributed by atoms with Gasteiger partial charge in [0.1, 0.15) is 0 Å². The minimum Gasteiger partial charge on any atom is -1.00 e. The second-order valence-corrected chi connectivity index (χ2v) is 5.51. The van der Waals surface area contributed by atoms with E-state index in [9.17, 15) is 8.42 Å². The van der Waals surface area contributed by atoms with Crippen molar-refractivity contribution in [1.82, 2.24) is 4.98 Å². The van der Waals surface area contributed by atoms with Crippen LogP contribution in [0.3, 0.4) is 0 Å². The van der Waals surface area contributed by atoms with Crippen molar-refractivity contribution in [3.8, 4) is 0 Å². The summed E-state index contributed by atoms with van der Waals surface area (Å²) < 4.78 is 28.9. The molecule has 0 bridgehead atoms. The van der Waals surface area contributed by atoms with Crippen molar-refractivity contribution in [1.29, 1.82) is 0 Å². The minimum atomic E-state index is -3.72. The number of hydrogen-bond acceptors (Lipinski definition) is 2. The van der Waals surface area contributed by atoms with Gasteiger partial charge in [0.05, 0.1) is 5.75 Å². The maximum Gasteiger partial charge on any atom is 1.00 e. The van der Waals surface area contributed by atoms with Crippen LogP contribution in [-0.2, 0) is 10.1 Å². The molecule has 0 radical (unpaired) electrons. The topological polar surface area (TPSA) is 70.2 Å². The molecule has 0 saturated heterocycles. The van der Waals surface area contributed by atoms with Gasteiger partial charge in [0.2, 0.25) is 0 Å². The van der Waals surface area contributed by atoms with Crippen LogP contribution in [0.5, 0.6) is 0 Å². The van der Waals surface area contributed by atoms with Crippen LogP contribution in [0.15, 0.2) is 24.5 Å². The average molecular weight is 285 g/mol. The third kappa shape index (κ3) is 18.6. The first kappa shape index (κ1) is 20.5. The maximum absolute atomic E-state index is 10.3. The average Bonchev–Trinajstić information content (AvgIpc) is 2.80. The van der Waals surface area contributed by atoms with E-state index in [0.29, 0.717) is 6.42 Å². The Morgan fingerprint density at radius 3 is 1.94 bits per heavy atom. The second kappa shape index (κ2) is 13.6. The molecule has 102 valence electrons. The van der Waals surface area contributed by atoms with Gasteiger partial charge in [-0.1, -0.05) is 39.0 Å². The van der Waals surface area contributed by atoms with E-state index in [1.807, 2.05) is 24.5 Å². The van der Waals surface area contributed by atoms with Crippen LogP contribution in [0.2, 0.25) is 0 Å². The maximum atomic E-state index is 10.3. The fourth-order valence-corrected chi connectivity index (χ4v) is 1.91. The number of nitrogens with one attached hydrogen (secondary N) is 1. The molecule has 0 aromatic carbocycles. The van der Waals surface area contributed by atoms with Gasteiger partial charge in [0.15, 0.2) is 0 Å². The Kier molecular flexibility index (Phi) is 15.5. The van der Waals surface area contributed by atoms with Crippen molar-refractivity contribution in [2.24, 2.45) is 0 Å². The smallest absolute Gasteiger partial charge is 1.00 e. The minimum absolute atomic E-state index is 0. The molecule has 0 fully saturated rings. The van der Waals surface area contributed by atoms with Crippen molar-refractivity contribution in [2.45, 2.75) is 45.4 Å². The van der Waals surface area contributed by atoms with Crippen molar-refractivity contribution in [3.05, 3.63) is 24.5 Å². The number of unbranched alkanes of at least 4 members (excludes halogenated alkanes) is 5. The monoisotopic (exact) mass is 285 g/mol. The summed E-state index contributed by atoms with van der Waals surface area (Å²) in [5.41, 5.74) is 0. The molecule has 0 aliphatic heterocycles. The zero-order valence-corrected chi connectivity index (χ0v) is 14.2. The van der Waals surface area contributed by atoms with Gasteiger partial charge in [-0.25, -0.2) is 0 Å². The quantitative estimate of drug-likeness (QED) is 0.432. The molecule has 0 aliphatic rings. The number of aromatic amines is 1. The molecule has 4 nitrogen and oxygen atoms in total. The van der Waals surface area contributed by atoms with Gasteiger partial charge in [-0.2, -0.15) is 8.42 Å². The third-order valence-corrected chi connectivity index (χ3v) is 3.06. The zero-order chi connectivity index (χ0) is 13.0. The summed E-state index contributed by atoms with van der Waals surface area (Å²) in [6, 6.07) is 3.89. The number of hydrogen-bond donors (Lipinski definition) is 2. The zero-order valence-electron chi connectivity index (χ0n) is 12.4. The van der Waals surface area contributed by atoms with Gasteiger partial charge in [-0.05, 0) is 18.6 Å². The fourth-order valence-electron chi connectivity index (χ4n) is 1.34. The summed E-state index contributed by atoms with van der Waals surface area (Å²) in [6.07, 6.45) is 9.89. The van der Waals surface area contributed by atoms with E-state index in [0.717, 1.165) is 12.8 Å². The van der Waals surface area contributed by atoms with E-state index in [1.54, 1.807) is 0 Å². The van der Waals surface area contributed by atoms with E-state index >= 15 is 0 Å². The molecule has 0 saturated carbocycles. The number of H-pyrrole nitrogens is 1. The van der Waals surface area contributed by atoms with Crippen molar-refractivity contribution < 1.29 is 44.0 Å². The Hall–Kier alpha value is 0.190. The SMILES string of the molecule is CCCCCCCCS(=O)(=O)O.[H-].[Na+].c1cc[nH]c1. The first-order valence-corrected chi connectivity index (χ1v) is 7.70. The molecule has 1 heterocycles. The van der Waals surface area contributed by atoms with Gasteiger partial charge < -0.3 is 6.41 Å². The fraction of sp³-hybridized carbons (Fsp3) is 0.667. The van der Waals surface area contributed by atoms with Crippen LogP contribution in [0.1, 0.15) is 46.9 Å². The van der Waals surface area contributed by atoms with Crippen LogP contribution >= 0.6 is 0 Å². The van der Waals surface area contributed by atoms with E-state index in [4.69, 9.17) is 4.55 Å². The Morgan fingerprint density at radius 2 is 1.56 bits per heavy atom. The van der Waals surface area contributed by atoms with Gasteiger partial charge in [0, 0.05) is 12.4 Å². The largest absolute Gasteiger partial charge is 1.00 e. The molecule has 1 rings (SSSR count). The van der Waals surface area contributed by atoms with Gasteiger partial charge >= 0.3 is 29.6 Å². The Bertz CT molecular complexity index is 327. The molecule has 0 unspecified atom stereocenters. The van der Waals surface area contributed by atoms with Gasteiger partial charge in [-0.3, -0.25) is 4.55 Å². The first-order valence-electron chi connectivity index (χ1n) is 6.09. The molecule has 2 N–H and O–H groups in total.